The Morgan fingerprint density at radius 2 is 1.19 bits per heavy atom. The molecule has 0 spiro atoms. The molecule has 0 fully saturated rings. The average molecular weight is 1250 g/mol. The number of hydrogen-bond acceptors (Lipinski definition) is 21. The molecule has 1 aromatic rings. The van der Waals surface area contributed by atoms with Crippen LogP contribution in [-0.4, -0.2) is 210 Å². The number of hydrazine groups is 2. The van der Waals surface area contributed by atoms with Crippen molar-refractivity contribution < 1.29 is 82.3 Å². The number of nitrogens with one attached hydrogen (secondary N) is 13. The molecule has 496 valence electrons. The van der Waals surface area contributed by atoms with Crippen molar-refractivity contribution in [3.63, 3.8) is 0 Å². The summed E-state index contributed by atoms with van der Waals surface area (Å²) in [4.78, 5) is 161. The van der Waals surface area contributed by atoms with E-state index in [1.165, 1.54) is 77.4 Å². The van der Waals surface area contributed by atoms with Crippen LogP contribution in [0, 0.1) is 0 Å². The van der Waals surface area contributed by atoms with Gasteiger partial charge in [0.1, 0.15) is 36.6 Å². The van der Waals surface area contributed by atoms with Gasteiger partial charge in [0.25, 0.3) is 5.91 Å². The minimum atomic E-state index is -2.06. The molecule has 5 atom stereocenters. The smallest absolute Gasteiger partial charge is 0.317 e. The monoisotopic (exact) mass is 1250 g/mol. The summed E-state index contributed by atoms with van der Waals surface area (Å²) in [5, 5.41) is 54.0. The summed E-state index contributed by atoms with van der Waals surface area (Å²) < 4.78 is 10.7. The van der Waals surface area contributed by atoms with Crippen molar-refractivity contribution in [1.29, 1.82) is 0 Å². The summed E-state index contributed by atoms with van der Waals surface area (Å²) in [7, 11) is 1.31. The Bertz CT molecular complexity index is 2350. The number of hydrogen-bond donors (Lipinski definition) is 17. The summed E-state index contributed by atoms with van der Waals surface area (Å²) in [6.45, 7) is -2.44. The number of hydrazone groups is 1. The summed E-state index contributed by atoms with van der Waals surface area (Å²) in [5.74, 6) is -11.1. The zero-order valence-electron chi connectivity index (χ0n) is 50.4. The van der Waals surface area contributed by atoms with Crippen molar-refractivity contribution in [3.8, 4) is 0 Å². The molecule has 2 heterocycles. The number of nitrogens with zero attached hydrogens (tertiary/aromatic N) is 3. The number of ether oxygens (including phenoxy) is 2. The Hall–Kier alpha value is -8.08. The Balaban J connectivity index is 1.86. The van der Waals surface area contributed by atoms with Crippen molar-refractivity contribution in [2.24, 2.45) is 10.8 Å². The van der Waals surface area contributed by atoms with Gasteiger partial charge in [-0.15, -0.1) is 10.6 Å². The Morgan fingerprint density at radius 1 is 0.602 bits per heavy atom. The van der Waals surface area contributed by atoms with E-state index in [4.69, 9.17) is 15.2 Å². The predicted molar refractivity (Wildman–Crippen MR) is 315 cm³/mol. The maximum atomic E-state index is 14.2. The number of nitrogens with two attached hydrogens (primary N) is 1. The first-order valence-electron chi connectivity index (χ1n) is 29.8. The first kappa shape index (κ1) is 76.0. The third-order valence-corrected chi connectivity index (χ3v) is 13.3. The number of carboxylic acids is 2. The summed E-state index contributed by atoms with van der Waals surface area (Å²) in [6.07, 6.45) is 16.8. The number of rotatable bonds is 52. The number of amidine groups is 1. The number of H-pyrrole nitrogens is 1. The highest BCUT2D eigenvalue weighted by atomic mass is 16.5. The lowest BCUT2D eigenvalue weighted by atomic mass is 10.0. The zero-order chi connectivity index (χ0) is 64.9. The van der Waals surface area contributed by atoms with Gasteiger partial charge in [-0.3, -0.25) is 67.9 Å². The lowest BCUT2D eigenvalue weighted by Crippen LogP contribution is -2.64. The number of unbranched alkanes of at least 4 members (excludes halogenated alkanes) is 13. The van der Waals surface area contributed by atoms with Crippen LogP contribution in [0.5, 0.6) is 0 Å². The van der Waals surface area contributed by atoms with Gasteiger partial charge in [0.05, 0.1) is 58.9 Å². The molecule has 5 unspecified atom stereocenters. The van der Waals surface area contributed by atoms with E-state index < -0.39 is 154 Å². The van der Waals surface area contributed by atoms with Crippen LogP contribution in [0.3, 0.4) is 0 Å². The van der Waals surface area contributed by atoms with Crippen molar-refractivity contribution >= 4 is 76.8 Å². The molecule has 34 nitrogen and oxygen atoms in total. The van der Waals surface area contributed by atoms with Gasteiger partial charge < -0.3 is 83.4 Å². The van der Waals surface area contributed by atoms with E-state index in [0.717, 1.165) is 37.9 Å². The number of aliphatic carboxylic acids is 2. The molecule has 34 heteroatoms. The molecule has 1 aliphatic rings. The molecule has 88 heavy (non-hydrogen) atoms. The molecule has 0 saturated heterocycles. The number of carbonyl (C=O) groups excluding carboxylic acids is 10. The second kappa shape index (κ2) is 46.1. The molecule has 10 amide bonds. The fourth-order valence-electron chi connectivity index (χ4n) is 8.67. The molecule has 1 aromatic heterocycles. The number of primary amides is 1. The van der Waals surface area contributed by atoms with Gasteiger partial charge in [-0.25, -0.2) is 10.5 Å². The molecule has 0 aliphatic carbocycles. The number of aliphatic hydroxyl groups excluding tert-OH is 1. The van der Waals surface area contributed by atoms with Crippen LogP contribution in [0.4, 0.5) is 0 Å². The second-order valence-electron chi connectivity index (χ2n) is 20.8. The number of carboxylic acid groups (broad SMARTS) is 2. The predicted octanol–water partition coefficient (Wildman–Crippen LogP) is -3.84. The topological polar surface area (TPSA) is 499 Å². The largest absolute Gasteiger partial charge is 0.480 e. The lowest BCUT2D eigenvalue weighted by Gasteiger charge is -2.27. The Morgan fingerprint density at radius 3 is 1.77 bits per heavy atom. The normalized spacial score (nSPS) is 13.4. The number of amides is 10. The average Bonchev–Trinajstić information content (AvgIpc) is 4.41. The quantitative estimate of drug-likeness (QED) is 0.0219. The standard InChI is InChI=1S/C54H93N17O17/c1-3-4-18-37(50(82)56-2)63-54(86)49(65-45(76)30-71(31-47(78)79)32-48(80)81)66-52(84)39(27-36-28-57-35-60-36)64-51(83)38(21-22-41(55)73)62-53(85)40(33-72)61-44(75)29-59-46(77)34-88-26-25-87-24-23-58-43(74)20-17-15-13-11-9-7-5-6-8-10-12-14-16-19-42-67-69-70-68-42/h28,35,37-40,49,69-70,72H,3-27,29-34H2,1-2H3,(H2,55,73)(H,56,82)(H,57,60)(H,58,74)(H,59,77)(H,61,75)(H,62,85)(H,63,86)(H,64,83)(H,65,76)(H,66,84)(H,67,68)(H,78,79)(H,80,81). The van der Waals surface area contributed by atoms with Gasteiger partial charge in [0, 0.05) is 51.2 Å². The summed E-state index contributed by atoms with van der Waals surface area (Å²) >= 11 is 0. The van der Waals surface area contributed by atoms with Gasteiger partial charge in [0.2, 0.25) is 53.2 Å². The van der Waals surface area contributed by atoms with E-state index in [2.05, 4.69) is 79.4 Å². The van der Waals surface area contributed by atoms with Crippen LogP contribution < -0.4 is 70.1 Å². The lowest BCUT2D eigenvalue weighted by molar-refractivity contribution is -0.143. The Kier molecular flexibility index (Phi) is 39.8. The number of aliphatic hydroxyl groups is 1. The highest BCUT2D eigenvalue weighted by molar-refractivity contribution is 5.98. The number of aromatic amines is 1. The van der Waals surface area contributed by atoms with Crippen molar-refractivity contribution in [2.45, 2.75) is 172 Å². The second-order valence-corrected chi connectivity index (χ2v) is 20.8. The third-order valence-electron chi connectivity index (χ3n) is 13.3. The van der Waals surface area contributed by atoms with E-state index in [1.807, 2.05) is 6.92 Å². The van der Waals surface area contributed by atoms with E-state index >= 15 is 0 Å². The maximum Gasteiger partial charge on any atom is 0.317 e. The summed E-state index contributed by atoms with van der Waals surface area (Å²) in [5.41, 5.74) is 14.0. The van der Waals surface area contributed by atoms with Crippen LogP contribution in [0.1, 0.15) is 141 Å². The minimum absolute atomic E-state index is 0.00939. The third kappa shape index (κ3) is 36.2. The molecule has 0 bridgehead atoms. The molecule has 0 aromatic carbocycles. The summed E-state index contributed by atoms with van der Waals surface area (Å²) in [6, 6.07) is -6.33. The SMILES string of the molecule is CCCCC(NC(=O)C(NC(=O)CN(CC(=O)O)CC(=O)O)NC(=O)C(Cc1cnc[nH]1)NC(=O)C(CCC(N)=O)NC(=O)C(CO)NC(=O)CNC(=O)COCCOCCNC(=O)CCCCCCCCCCCCCCCC1=NNNN1)C(=O)NC. The van der Waals surface area contributed by atoms with Crippen LogP contribution in [0.2, 0.25) is 0 Å². The van der Waals surface area contributed by atoms with Crippen molar-refractivity contribution in [2.75, 3.05) is 72.8 Å². The first-order valence-corrected chi connectivity index (χ1v) is 29.8. The van der Waals surface area contributed by atoms with E-state index in [-0.39, 0.29) is 37.8 Å². The van der Waals surface area contributed by atoms with Gasteiger partial charge in [-0.1, -0.05) is 90.4 Å². The maximum absolute atomic E-state index is 14.2. The highest BCUT2D eigenvalue weighted by Gasteiger charge is 2.34. The first-order chi connectivity index (χ1) is 42.2. The van der Waals surface area contributed by atoms with E-state index in [9.17, 15) is 72.9 Å². The number of aromatic nitrogens is 2. The Labute approximate surface area is 511 Å². The highest BCUT2D eigenvalue weighted by Crippen LogP contribution is 2.14. The molecule has 0 radical (unpaired) electrons. The van der Waals surface area contributed by atoms with Crippen LogP contribution in [0.25, 0.3) is 0 Å². The van der Waals surface area contributed by atoms with Crippen LogP contribution in [0.15, 0.2) is 17.6 Å². The van der Waals surface area contributed by atoms with Crippen LogP contribution >= 0.6 is 0 Å². The molecular weight excluding hydrogens is 1160 g/mol. The zero-order valence-corrected chi connectivity index (χ0v) is 50.4. The molecule has 0 saturated carbocycles. The van der Waals surface area contributed by atoms with E-state index in [1.54, 1.807) is 0 Å². The fraction of sp³-hybridized carbons (Fsp3) is 0.704. The molecule has 1 aliphatic heterocycles. The van der Waals surface area contributed by atoms with Crippen LogP contribution in [-0.2, 0) is 73.4 Å². The van der Waals surface area contributed by atoms with Gasteiger partial charge in [0.15, 0.2) is 6.17 Å². The van der Waals surface area contributed by atoms with Gasteiger partial charge in [-0.05, 0) is 25.7 Å². The van der Waals surface area contributed by atoms with Gasteiger partial charge in [-0.2, -0.15) is 0 Å². The number of imidazole rings is 1. The molecule has 18 N–H and O–H groups in total. The fourth-order valence-corrected chi connectivity index (χ4v) is 8.67. The van der Waals surface area contributed by atoms with E-state index in [0.29, 0.717) is 30.7 Å². The molecular formula is C54H93N17O17. The van der Waals surface area contributed by atoms with Gasteiger partial charge >= 0.3 is 11.9 Å². The minimum Gasteiger partial charge on any atom is -0.480 e. The number of carbonyl (C=O) groups is 12. The van der Waals surface area contributed by atoms with Crippen molar-refractivity contribution in [3.05, 3.63) is 18.2 Å². The molecule has 2 rings (SSSR count). The van der Waals surface area contributed by atoms with Crippen molar-refractivity contribution in [1.82, 2.24) is 79.2 Å². The number of likely N-dealkylation sites (N-methyl/N-ethyl adjacent to an activating group) is 1.